The maximum absolute atomic E-state index is 12.7. The second-order valence-electron chi connectivity index (χ2n) is 6.15. The molecule has 2 N–H and O–H groups in total. The van der Waals surface area contributed by atoms with E-state index in [4.69, 9.17) is 5.21 Å². The van der Waals surface area contributed by atoms with Crippen LogP contribution >= 0.6 is 0 Å². The highest BCUT2D eigenvalue weighted by atomic mass is 16.5. The smallest absolute Gasteiger partial charge is 0.238 e. The second-order valence-corrected chi connectivity index (χ2v) is 6.15. The Balaban J connectivity index is 1.65. The number of fused-ring (bicyclic) bond motifs is 5. The molecule has 1 aromatic carbocycles. The number of benzene rings is 1. The van der Waals surface area contributed by atoms with Crippen LogP contribution in [0.25, 0.3) is 5.70 Å². The van der Waals surface area contributed by atoms with E-state index in [1.807, 2.05) is 5.48 Å². The van der Waals surface area contributed by atoms with Gasteiger partial charge < -0.3 is 0 Å². The zero-order valence-corrected chi connectivity index (χ0v) is 11.9. The Morgan fingerprint density at radius 2 is 1.64 bits per heavy atom. The van der Waals surface area contributed by atoms with Gasteiger partial charge in [-0.25, -0.2) is 0 Å². The second kappa shape index (κ2) is 4.55. The summed E-state index contributed by atoms with van der Waals surface area (Å²) in [6.45, 7) is 3.66. The molecule has 2 fully saturated rings. The van der Waals surface area contributed by atoms with Gasteiger partial charge in [-0.2, -0.15) is 0 Å². The molecular formula is C17H16N2O3. The van der Waals surface area contributed by atoms with E-state index in [0.29, 0.717) is 16.9 Å². The van der Waals surface area contributed by atoms with Crippen molar-refractivity contribution in [1.82, 2.24) is 5.48 Å². The predicted molar refractivity (Wildman–Crippen MR) is 80.6 cm³/mol. The first-order valence-corrected chi connectivity index (χ1v) is 7.37. The lowest BCUT2D eigenvalue weighted by molar-refractivity contribution is -0.123. The van der Waals surface area contributed by atoms with Crippen molar-refractivity contribution in [3.8, 4) is 0 Å². The van der Waals surface area contributed by atoms with Crippen LogP contribution in [0.15, 0.2) is 43.0 Å². The van der Waals surface area contributed by atoms with Gasteiger partial charge >= 0.3 is 0 Å². The van der Waals surface area contributed by atoms with Gasteiger partial charge in [0.25, 0.3) is 0 Å². The van der Waals surface area contributed by atoms with Crippen LogP contribution in [0.5, 0.6) is 0 Å². The number of anilines is 1. The zero-order valence-electron chi connectivity index (χ0n) is 11.9. The third-order valence-corrected chi connectivity index (χ3v) is 5.08. The fourth-order valence-corrected chi connectivity index (χ4v) is 4.03. The fourth-order valence-electron chi connectivity index (χ4n) is 4.03. The summed E-state index contributed by atoms with van der Waals surface area (Å²) >= 11 is 0. The SMILES string of the molecule is C=C(NO)c1ccc(N2C(=O)[C@@H]3[C@H](C2=O)[C@H]2C=C[C@@H]3C2)cc1. The van der Waals surface area contributed by atoms with E-state index in [0.717, 1.165) is 6.42 Å². The van der Waals surface area contributed by atoms with Crippen molar-refractivity contribution in [3.05, 3.63) is 48.6 Å². The lowest BCUT2D eigenvalue weighted by atomic mass is 9.85. The Morgan fingerprint density at radius 1 is 1.09 bits per heavy atom. The number of rotatable bonds is 3. The number of hydrogen-bond acceptors (Lipinski definition) is 4. The molecule has 1 saturated carbocycles. The first-order chi connectivity index (χ1) is 10.6. The van der Waals surface area contributed by atoms with Crippen molar-refractivity contribution in [2.45, 2.75) is 6.42 Å². The Labute approximate surface area is 127 Å². The lowest BCUT2D eigenvalue weighted by Crippen LogP contribution is -2.32. The van der Waals surface area contributed by atoms with Gasteiger partial charge in [0.1, 0.15) is 0 Å². The number of hydroxylamine groups is 1. The summed E-state index contributed by atoms with van der Waals surface area (Å²) in [5.41, 5.74) is 3.64. The Kier molecular flexibility index (Phi) is 2.74. The van der Waals surface area contributed by atoms with Gasteiger partial charge in [-0.3, -0.25) is 25.2 Å². The lowest BCUT2D eigenvalue weighted by Gasteiger charge is -2.17. The van der Waals surface area contributed by atoms with Crippen LogP contribution in [0.1, 0.15) is 12.0 Å². The molecule has 2 amide bonds. The Hall–Kier alpha value is -2.40. The van der Waals surface area contributed by atoms with Gasteiger partial charge in [-0.05, 0) is 36.0 Å². The third kappa shape index (κ3) is 1.63. The molecule has 112 valence electrons. The molecule has 0 radical (unpaired) electrons. The Morgan fingerprint density at radius 3 is 2.14 bits per heavy atom. The summed E-state index contributed by atoms with van der Waals surface area (Å²) in [5.74, 6) is -0.104. The van der Waals surface area contributed by atoms with Crippen LogP contribution < -0.4 is 10.4 Å². The van der Waals surface area contributed by atoms with Crippen molar-refractivity contribution in [3.63, 3.8) is 0 Å². The monoisotopic (exact) mass is 296 g/mol. The van der Waals surface area contributed by atoms with Crippen molar-refractivity contribution >= 4 is 23.2 Å². The molecule has 3 aliphatic rings. The zero-order chi connectivity index (χ0) is 15.4. The standard InChI is InChI=1S/C17H16N2O3/c1-9(18-22)10-4-6-13(7-5-10)19-16(20)14-11-2-3-12(8-11)15(14)17(19)21/h2-7,11-12,14-15,18,22H,1,8H2/t11-,12+,14+,15-. The molecule has 2 aliphatic carbocycles. The van der Waals surface area contributed by atoms with E-state index in [-0.39, 0.29) is 35.5 Å². The van der Waals surface area contributed by atoms with E-state index in [2.05, 4.69) is 18.7 Å². The van der Waals surface area contributed by atoms with E-state index < -0.39 is 0 Å². The minimum absolute atomic E-state index is 0.0845. The minimum atomic E-state index is -0.184. The quantitative estimate of drug-likeness (QED) is 0.508. The predicted octanol–water partition coefficient (Wildman–Crippen LogP) is 1.95. The topological polar surface area (TPSA) is 69.6 Å². The van der Waals surface area contributed by atoms with E-state index in [9.17, 15) is 9.59 Å². The van der Waals surface area contributed by atoms with Gasteiger partial charge in [0.05, 0.1) is 23.2 Å². The van der Waals surface area contributed by atoms with Crippen molar-refractivity contribution in [2.75, 3.05) is 4.90 Å². The number of imide groups is 1. The highest BCUT2D eigenvalue weighted by molar-refractivity contribution is 6.22. The van der Waals surface area contributed by atoms with Gasteiger partial charge in [-0.1, -0.05) is 30.9 Å². The number of nitrogens with zero attached hydrogens (tertiary/aromatic N) is 1. The molecule has 5 heteroatoms. The van der Waals surface area contributed by atoms with Gasteiger partial charge in [-0.15, -0.1) is 0 Å². The molecule has 0 spiro atoms. The van der Waals surface area contributed by atoms with Crippen LogP contribution in [-0.2, 0) is 9.59 Å². The number of carbonyl (C=O) groups is 2. The summed E-state index contributed by atoms with van der Waals surface area (Å²) in [6.07, 6.45) is 5.10. The van der Waals surface area contributed by atoms with E-state index in [1.54, 1.807) is 24.3 Å². The largest absolute Gasteiger partial charge is 0.291 e. The molecule has 0 unspecified atom stereocenters. The van der Waals surface area contributed by atoms with Crippen molar-refractivity contribution in [2.24, 2.45) is 23.7 Å². The number of carbonyl (C=O) groups excluding carboxylic acids is 2. The van der Waals surface area contributed by atoms with Crippen LogP contribution in [0.4, 0.5) is 5.69 Å². The summed E-state index contributed by atoms with van der Waals surface area (Å²) in [4.78, 5) is 26.6. The molecular weight excluding hydrogens is 280 g/mol. The molecule has 1 aliphatic heterocycles. The summed E-state index contributed by atoms with van der Waals surface area (Å²) in [5, 5.41) is 8.85. The van der Waals surface area contributed by atoms with Gasteiger partial charge in [0.2, 0.25) is 11.8 Å². The maximum atomic E-state index is 12.7. The van der Waals surface area contributed by atoms with Crippen molar-refractivity contribution < 1.29 is 14.8 Å². The summed E-state index contributed by atoms with van der Waals surface area (Å²) in [7, 11) is 0. The number of nitrogens with one attached hydrogen (secondary N) is 1. The molecule has 22 heavy (non-hydrogen) atoms. The van der Waals surface area contributed by atoms with Crippen LogP contribution in [-0.4, -0.2) is 17.0 Å². The van der Waals surface area contributed by atoms with E-state index in [1.165, 1.54) is 4.90 Å². The average Bonchev–Trinajstić information content (AvgIpc) is 3.21. The molecule has 2 bridgehead atoms. The highest BCUT2D eigenvalue weighted by Crippen LogP contribution is 2.53. The van der Waals surface area contributed by atoms with Gasteiger partial charge in [0.15, 0.2) is 0 Å². The summed E-state index contributed by atoms with van der Waals surface area (Å²) < 4.78 is 0. The number of hydrogen-bond donors (Lipinski definition) is 2. The van der Waals surface area contributed by atoms with Crippen LogP contribution in [0.2, 0.25) is 0 Å². The molecule has 4 atom stereocenters. The van der Waals surface area contributed by atoms with Crippen LogP contribution in [0, 0.1) is 23.7 Å². The number of allylic oxidation sites excluding steroid dienone is 2. The number of amides is 2. The molecule has 1 aromatic rings. The minimum Gasteiger partial charge on any atom is -0.291 e. The first kappa shape index (κ1) is 13.3. The third-order valence-electron chi connectivity index (χ3n) is 5.08. The van der Waals surface area contributed by atoms with Gasteiger partial charge in [0, 0.05) is 0 Å². The normalized spacial score (nSPS) is 31.8. The van der Waals surface area contributed by atoms with Crippen LogP contribution in [0.3, 0.4) is 0 Å². The first-order valence-electron chi connectivity index (χ1n) is 7.37. The average molecular weight is 296 g/mol. The fraction of sp³-hybridized carbons (Fsp3) is 0.294. The molecule has 1 heterocycles. The summed E-state index contributed by atoms with van der Waals surface area (Å²) in [6, 6.07) is 6.87. The van der Waals surface area contributed by atoms with Crippen molar-refractivity contribution in [1.29, 1.82) is 0 Å². The Bertz CT molecular complexity index is 677. The molecule has 0 aromatic heterocycles. The van der Waals surface area contributed by atoms with E-state index >= 15 is 0 Å². The molecule has 4 rings (SSSR count). The maximum Gasteiger partial charge on any atom is 0.238 e. The molecule has 1 saturated heterocycles. The highest BCUT2D eigenvalue weighted by Gasteiger charge is 2.59. The molecule has 5 nitrogen and oxygen atoms in total.